The van der Waals surface area contributed by atoms with Crippen LogP contribution in [0.3, 0.4) is 0 Å². The Hall–Kier alpha value is -3.13. The van der Waals surface area contributed by atoms with Crippen LogP contribution in [0.15, 0.2) is 41.3 Å². The normalized spacial score (nSPS) is 15.0. The zero-order valence-corrected chi connectivity index (χ0v) is 15.2. The highest BCUT2D eigenvalue weighted by molar-refractivity contribution is 6.35. The number of carbonyl (C=O) groups is 1. The minimum Gasteiger partial charge on any atom is -0.447 e. The number of H-pyrrole nitrogens is 1. The number of para-hydroxylation sites is 1. The van der Waals surface area contributed by atoms with Gasteiger partial charge in [-0.2, -0.15) is 4.98 Å². The maximum absolute atomic E-state index is 12.5. The number of pyridine rings is 1. The zero-order valence-electron chi connectivity index (χ0n) is 14.4. The van der Waals surface area contributed by atoms with E-state index in [1.54, 1.807) is 24.4 Å². The van der Waals surface area contributed by atoms with E-state index in [2.05, 4.69) is 20.3 Å². The molecule has 9 heteroatoms. The summed E-state index contributed by atoms with van der Waals surface area (Å²) in [6.07, 6.45) is 1.11. The third-order valence-electron chi connectivity index (χ3n) is 4.35. The Labute approximate surface area is 159 Å². The molecular formula is C18H16ClN5O3. The molecule has 3 heterocycles. The van der Waals surface area contributed by atoms with Crippen LogP contribution in [0, 0.1) is 0 Å². The lowest BCUT2D eigenvalue weighted by Gasteiger charge is -2.16. The maximum atomic E-state index is 12.5. The number of anilines is 2. The highest BCUT2D eigenvalue weighted by Crippen LogP contribution is 2.23. The maximum Gasteiger partial charge on any atom is 0.415 e. The fraction of sp³-hybridized carbons (Fsp3) is 0.222. The predicted molar refractivity (Wildman–Crippen MR) is 102 cm³/mol. The monoisotopic (exact) mass is 385 g/mol. The summed E-state index contributed by atoms with van der Waals surface area (Å²) in [6.45, 7) is 2.61. The molecule has 0 radical (unpaired) electrons. The molecule has 138 valence electrons. The van der Waals surface area contributed by atoms with Crippen molar-refractivity contribution < 1.29 is 9.53 Å². The van der Waals surface area contributed by atoms with E-state index in [4.69, 9.17) is 16.3 Å². The molecule has 1 fully saturated rings. The first-order valence-corrected chi connectivity index (χ1v) is 8.76. The second kappa shape index (κ2) is 6.88. The fourth-order valence-electron chi connectivity index (χ4n) is 2.98. The van der Waals surface area contributed by atoms with Gasteiger partial charge in [-0.15, -0.1) is 0 Å². The molecule has 1 saturated heterocycles. The second-order valence-electron chi connectivity index (χ2n) is 6.13. The Bertz CT molecular complexity index is 1080. The Balaban J connectivity index is 1.62. The van der Waals surface area contributed by atoms with E-state index in [0.29, 0.717) is 41.0 Å². The Kier molecular flexibility index (Phi) is 4.41. The van der Waals surface area contributed by atoms with Gasteiger partial charge >= 0.3 is 6.09 Å². The van der Waals surface area contributed by atoms with Gasteiger partial charge in [0.2, 0.25) is 5.95 Å². The number of rotatable bonds is 4. The van der Waals surface area contributed by atoms with Crippen molar-refractivity contribution in [1.82, 2.24) is 15.0 Å². The molecule has 2 aromatic heterocycles. The summed E-state index contributed by atoms with van der Waals surface area (Å²) in [4.78, 5) is 36.9. The first-order chi connectivity index (χ1) is 13.0. The van der Waals surface area contributed by atoms with Crippen LogP contribution in [0.25, 0.3) is 10.9 Å². The Morgan fingerprint density at radius 3 is 2.96 bits per heavy atom. The molecule has 1 atom stereocenters. The predicted octanol–water partition coefficient (Wildman–Crippen LogP) is 3.10. The number of halogens is 1. The molecule has 1 aliphatic heterocycles. The summed E-state index contributed by atoms with van der Waals surface area (Å²) in [6, 6.07) is 8.49. The molecule has 0 saturated carbocycles. The van der Waals surface area contributed by atoms with E-state index < -0.39 is 6.09 Å². The van der Waals surface area contributed by atoms with Crippen molar-refractivity contribution in [3.63, 3.8) is 0 Å². The molecule has 4 rings (SSSR count). The average Bonchev–Trinajstić information content (AvgIpc) is 3.08. The van der Waals surface area contributed by atoms with Gasteiger partial charge in [0.25, 0.3) is 5.56 Å². The topological polar surface area (TPSA) is 100 Å². The smallest absolute Gasteiger partial charge is 0.415 e. The third-order valence-corrected chi connectivity index (χ3v) is 4.66. The average molecular weight is 386 g/mol. The summed E-state index contributed by atoms with van der Waals surface area (Å²) in [5, 5.41) is 4.43. The highest BCUT2D eigenvalue weighted by atomic mass is 35.5. The molecule has 0 spiro atoms. The number of cyclic esters (lactones) is 1. The van der Waals surface area contributed by atoms with Gasteiger partial charge in [-0.1, -0.05) is 23.7 Å². The number of amides is 1. The quantitative estimate of drug-likeness (QED) is 0.715. The molecule has 0 aliphatic carbocycles. The van der Waals surface area contributed by atoms with E-state index in [1.165, 1.54) is 4.90 Å². The third kappa shape index (κ3) is 3.31. The zero-order chi connectivity index (χ0) is 19.0. The first-order valence-electron chi connectivity index (χ1n) is 8.38. The van der Waals surface area contributed by atoms with Gasteiger partial charge in [-0.25, -0.2) is 9.78 Å². The number of fused-ring (bicyclic) bond motifs is 1. The van der Waals surface area contributed by atoms with E-state index in [-0.39, 0.29) is 11.6 Å². The van der Waals surface area contributed by atoms with Crippen LogP contribution in [0.1, 0.15) is 18.5 Å². The van der Waals surface area contributed by atoms with Crippen molar-refractivity contribution in [2.24, 2.45) is 0 Å². The van der Waals surface area contributed by atoms with Crippen LogP contribution in [0.5, 0.6) is 0 Å². The molecule has 1 aliphatic rings. The van der Waals surface area contributed by atoms with Crippen LogP contribution in [-0.2, 0) is 4.74 Å². The van der Waals surface area contributed by atoms with Crippen molar-refractivity contribution >= 4 is 40.4 Å². The van der Waals surface area contributed by atoms with Gasteiger partial charge in [-0.3, -0.25) is 9.69 Å². The number of hydrogen-bond donors (Lipinski definition) is 2. The van der Waals surface area contributed by atoms with Crippen molar-refractivity contribution in [2.45, 2.75) is 13.0 Å². The number of aromatic nitrogens is 3. The lowest BCUT2D eigenvalue weighted by molar-refractivity contribution is 0.181. The number of benzene rings is 1. The molecular weight excluding hydrogens is 370 g/mol. The highest BCUT2D eigenvalue weighted by Gasteiger charge is 2.25. The Morgan fingerprint density at radius 1 is 1.33 bits per heavy atom. The molecule has 27 heavy (non-hydrogen) atoms. The van der Waals surface area contributed by atoms with Crippen LogP contribution >= 0.6 is 11.6 Å². The van der Waals surface area contributed by atoms with Crippen LogP contribution < -0.4 is 15.8 Å². The van der Waals surface area contributed by atoms with Gasteiger partial charge in [0.1, 0.15) is 12.4 Å². The number of nitrogens with one attached hydrogen (secondary N) is 2. The second-order valence-corrected chi connectivity index (χ2v) is 6.54. The van der Waals surface area contributed by atoms with Gasteiger partial charge in [0, 0.05) is 17.1 Å². The molecule has 2 N–H and O–H groups in total. The largest absolute Gasteiger partial charge is 0.447 e. The lowest BCUT2D eigenvalue weighted by atomic mass is 10.1. The van der Waals surface area contributed by atoms with Gasteiger partial charge in [0.05, 0.1) is 23.1 Å². The summed E-state index contributed by atoms with van der Waals surface area (Å²) in [5.74, 6) is 0.756. The number of hydrogen-bond acceptors (Lipinski definition) is 6. The number of nitrogens with zero attached hydrogens (tertiary/aromatic N) is 3. The number of ether oxygens (including phenoxy) is 1. The minimum atomic E-state index is -0.435. The van der Waals surface area contributed by atoms with Crippen molar-refractivity contribution in [2.75, 3.05) is 23.4 Å². The summed E-state index contributed by atoms with van der Waals surface area (Å²) < 4.78 is 4.93. The van der Waals surface area contributed by atoms with Gasteiger partial charge in [0.15, 0.2) is 0 Å². The molecule has 1 amide bonds. The SMILES string of the molecule is CC(Nc1nccc(N2CCOC2=O)n1)c1cc2cccc(Cl)c2[nH]c1=O. The van der Waals surface area contributed by atoms with E-state index >= 15 is 0 Å². The van der Waals surface area contributed by atoms with Gasteiger partial charge in [-0.05, 0) is 25.1 Å². The summed E-state index contributed by atoms with van der Waals surface area (Å²) in [5.41, 5.74) is 0.889. The first kappa shape index (κ1) is 17.3. The molecule has 8 nitrogen and oxygen atoms in total. The van der Waals surface area contributed by atoms with Crippen LogP contribution in [0.2, 0.25) is 5.02 Å². The van der Waals surface area contributed by atoms with Crippen molar-refractivity contribution in [3.05, 3.63) is 57.5 Å². The lowest BCUT2D eigenvalue weighted by Crippen LogP contribution is -2.25. The van der Waals surface area contributed by atoms with E-state index in [1.807, 2.05) is 19.1 Å². The number of carbonyl (C=O) groups excluding carboxylic acids is 1. The fourth-order valence-corrected chi connectivity index (χ4v) is 3.20. The van der Waals surface area contributed by atoms with Gasteiger partial charge < -0.3 is 15.0 Å². The van der Waals surface area contributed by atoms with Crippen molar-refractivity contribution in [3.8, 4) is 0 Å². The minimum absolute atomic E-state index is 0.241. The summed E-state index contributed by atoms with van der Waals surface area (Å²) in [7, 11) is 0. The van der Waals surface area contributed by atoms with Crippen LogP contribution in [0.4, 0.5) is 16.6 Å². The molecule has 1 aromatic carbocycles. The molecule has 1 unspecified atom stereocenters. The molecule has 3 aromatic rings. The Morgan fingerprint density at radius 2 is 2.19 bits per heavy atom. The number of aromatic amines is 1. The summed E-state index contributed by atoms with van der Waals surface area (Å²) >= 11 is 6.13. The van der Waals surface area contributed by atoms with E-state index in [0.717, 1.165) is 5.39 Å². The van der Waals surface area contributed by atoms with Crippen LogP contribution in [-0.4, -0.2) is 34.2 Å². The molecule has 0 bridgehead atoms. The van der Waals surface area contributed by atoms with E-state index in [9.17, 15) is 9.59 Å². The van der Waals surface area contributed by atoms with Crippen molar-refractivity contribution in [1.29, 1.82) is 0 Å². The standard InChI is InChI=1S/C18H16ClN5O3/c1-10(12-9-11-3-2-4-13(19)15(11)23-16(12)25)21-17-20-6-5-14(22-17)24-7-8-27-18(24)26/h2-6,9-10H,7-8H2,1H3,(H,23,25)(H,20,21,22).